The molecular weight excluding hydrogens is 616 g/mol. The van der Waals surface area contributed by atoms with Crippen LogP contribution in [0.25, 0.3) is 5.57 Å². The molecule has 1 aromatic heterocycles. The molecule has 11 heteroatoms. The molecule has 1 saturated heterocycles. The third kappa shape index (κ3) is 7.22. The second-order valence-corrected chi connectivity index (χ2v) is 15.2. The number of rotatable bonds is 8. The van der Waals surface area contributed by atoms with Crippen molar-refractivity contribution in [2.24, 2.45) is 34.5 Å². The number of ether oxygens (including phenoxy) is 1. The number of fused-ring (bicyclic) bond motifs is 5. The zero-order valence-electron chi connectivity index (χ0n) is 28.3. The average molecular weight is 667 g/mol. The summed E-state index contributed by atoms with van der Waals surface area (Å²) in [6, 6.07) is 4.32. The first-order chi connectivity index (χ1) is 22.7. The summed E-state index contributed by atoms with van der Waals surface area (Å²) in [5, 5.41) is 33.8. The third-order valence-corrected chi connectivity index (χ3v) is 12.2. The van der Waals surface area contributed by atoms with E-state index in [1.807, 2.05) is 6.20 Å². The monoisotopic (exact) mass is 666 g/mol. The number of hydrogen-bond donors (Lipinski definition) is 4. The third-order valence-electron chi connectivity index (χ3n) is 12.2. The molecule has 11 nitrogen and oxygen atoms in total. The van der Waals surface area contributed by atoms with Gasteiger partial charge in [0, 0.05) is 18.8 Å². The highest BCUT2D eigenvalue weighted by molar-refractivity contribution is 5.88. The zero-order chi connectivity index (χ0) is 34.9. The standard InChI is InChI=1S/C31H42N2O2.C6H8O7/c1-30-14-10-24(35-29(34)21-12-17-33(3)18-13-21)19-23(30)6-7-25-27-9-8-26(22-5-4-16-32-20-22)31(27,2)15-11-28(25)30;7-3(8)1-6(13,5(11)12)2-4(9)10/h4-6,8,16,20-21,24-25,27-28H,7,9-15,17-19H2,1-3H3;13H,1-2H2,(H,7,8)(H,9,10)(H,11,12)/t24-,25-,27-,28-,30-,31+;/m0./s1. The van der Waals surface area contributed by atoms with Gasteiger partial charge in [0.15, 0.2) is 5.60 Å². The Labute approximate surface area is 282 Å². The van der Waals surface area contributed by atoms with E-state index in [0.717, 1.165) is 62.9 Å². The van der Waals surface area contributed by atoms with Crippen LogP contribution in [0.3, 0.4) is 0 Å². The summed E-state index contributed by atoms with van der Waals surface area (Å²) in [5.41, 5.74) is 2.26. The highest BCUT2D eigenvalue weighted by Crippen LogP contribution is 2.66. The number of aromatic nitrogens is 1. The molecule has 1 aliphatic heterocycles. The molecule has 2 saturated carbocycles. The maximum atomic E-state index is 12.9. The van der Waals surface area contributed by atoms with E-state index in [1.54, 1.807) is 11.1 Å². The molecule has 0 amide bonds. The number of carbonyl (C=O) groups is 4. The minimum Gasteiger partial charge on any atom is -0.481 e. The molecular formula is C37H50N2O9. The van der Waals surface area contributed by atoms with Gasteiger partial charge in [-0.15, -0.1) is 0 Å². The number of carboxylic acid groups (broad SMARTS) is 3. The number of likely N-dealkylation sites (tertiary alicyclic amines) is 1. The van der Waals surface area contributed by atoms with Crippen molar-refractivity contribution in [1.82, 2.24) is 9.88 Å². The van der Waals surface area contributed by atoms with Crippen molar-refractivity contribution in [3.05, 3.63) is 47.8 Å². The van der Waals surface area contributed by atoms with Crippen LogP contribution in [-0.4, -0.2) is 86.0 Å². The van der Waals surface area contributed by atoms with E-state index < -0.39 is 36.4 Å². The summed E-state index contributed by atoms with van der Waals surface area (Å²) in [4.78, 5) is 50.1. The van der Waals surface area contributed by atoms with Gasteiger partial charge in [0.2, 0.25) is 0 Å². The number of carbonyl (C=O) groups excluding carboxylic acids is 1. The first kappa shape index (κ1) is 35.7. The SMILES string of the molecule is CN1CCC(C(=O)O[C@H]2CC[C@@]3(C)C(=CC[C@@H]4[C@@H]3CC[C@]3(C)C(c5cccnc5)=CC[C@@H]43)C2)CC1.O=C(O)CC(O)(CC(=O)O)C(=O)O. The van der Waals surface area contributed by atoms with Gasteiger partial charge in [-0.3, -0.25) is 19.4 Å². The Morgan fingerprint density at radius 1 is 0.938 bits per heavy atom. The van der Waals surface area contributed by atoms with Crippen LogP contribution in [0.4, 0.5) is 0 Å². The van der Waals surface area contributed by atoms with Gasteiger partial charge in [-0.05, 0) is 117 Å². The number of hydrogen-bond acceptors (Lipinski definition) is 8. The Bertz CT molecular complexity index is 1430. The van der Waals surface area contributed by atoms with Gasteiger partial charge in [0.1, 0.15) is 6.10 Å². The number of piperidine rings is 1. The van der Waals surface area contributed by atoms with Crippen LogP contribution in [0.2, 0.25) is 0 Å². The van der Waals surface area contributed by atoms with Gasteiger partial charge < -0.3 is 30.1 Å². The van der Waals surface area contributed by atoms with Crippen molar-refractivity contribution in [3.63, 3.8) is 0 Å². The van der Waals surface area contributed by atoms with E-state index in [1.165, 1.54) is 31.2 Å². The summed E-state index contributed by atoms with van der Waals surface area (Å²) < 4.78 is 6.13. The number of aliphatic hydroxyl groups is 1. The van der Waals surface area contributed by atoms with Crippen LogP contribution in [0, 0.1) is 34.5 Å². The van der Waals surface area contributed by atoms with Crippen molar-refractivity contribution in [2.75, 3.05) is 20.1 Å². The van der Waals surface area contributed by atoms with E-state index in [9.17, 15) is 19.2 Å². The van der Waals surface area contributed by atoms with Gasteiger partial charge >= 0.3 is 23.9 Å². The lowest BCUT2D eigenvalue weighted by atomic mass is 9.47. The van der Waals surface area contributed by atoms with E-state index in [4.69, 9.17) is 25.2 Å². The van der Waals surface area contributed by atoms with Crippen LogP contribution in [0.15, 0.2) is 42.3 Å². The molecule has 0 unspecified atom stereocenters. The van der Waals surface area contributed by atoms with Crippen LogP contribution in [0.1, 0.15) is 90.0 Å². The van der Waals surface area contributed by atoms with Gasteiger partial charge in [-0.2, -0.15) is 0 Å². The molecule has 4 N–H and O–H groups in total. The predicted octanol–water partition coefficient (Wildman–Crippen LogP) is 5.04. The lowest BCUT2D eigenvalue weighted by Crippen LogP contribution is -2.50. The Kier molecular flexibility index (Phi) is 10.5. The minimum atomic E-state index is -2.74. The fourth-order valence-electron chi connectivity index (χ4n) is 9.48. The van der Waals surface area contributed by atoms with Crippen molar-refractivity contribution in [1.29, 1.82) is 0 Å². The van der Waals surface area contributed by atoms with Crippen molar-refractivity contribution in [2.45, 2.75) is 96.2 Å². The minimum absolute atomic E-state index is 0.0642. The van der Waals surface area contributed by atoms with Crippen molar-refractivity contribution < 1.29 is 44.3 Å². The van der Waals surface area contributed by atoms with E-state index in [0.29, 0.717) is 0 Å². The Morgan fingerprint density at radius 2 is 1.60 bits per heavy atom. The molecule has 0 spiro atoms. The van der Waals surface area contributed by atoms with Gasteiger partial charge in [-0.1, -0.05) is 37.6 Å². The second-order valence-electron chi connectivity index (χ2n) is 15.2. The molecule has 1 aromatic rings. The summed E-state index contributed by atoms with van der Waals surface area (Å²) in [6.07, 6.45) is 16.9. The lowest BCUT2D eigenvalue weighted by molar-refractivity contribution is -0.170. The average Bonchev–Trinajstić information content (AvgIpc) is 3.38. The molecule has 0 aromatic carbocycles. The van der Waals surface area contributed by atoms with E-state index in [-0.39, 0.29) is 28.8 Å². The highest BCUT2D eigenvalue weighted by Gasteiger charge is 2.57. The molecule has 2 heterocycles. The van der Waals surface area contributed by atoms with E-state index in [2.05, 4.69) is 61.3 Å². The zero-order valence-corrected chi connectivity index (χ0v) is 28.3. The molecule has 262 valence electrons. The molecule has 5 aliphatic rings. The molecule has 3 fully saturated rings. The fraction of sp³-hybridized carbons (Fsp3) is 0.649. The number of nitrogens with zero attached hydrogens (tertiary/aromatic N) is 2. The quantitative estimate of drug-likeness (QED) is 0.216. The van der Waals surface area contributed by atoms with Crippen LogP contribution >= 0.6 is 0 Å². The number of allylic oxidation sites excluding steroid dienone is 3. The van der Waals surface area contributed by atoms with Gasteiger partial charge in [0.05, 0.1) is 18.8 Å². The summed E-state index contributed by atoms with van der Waals surface area (Å²) >= 11 is 0. The molecule has 0 radical (unpaired) electrons. The van der Waals surface area contributed by atoms with Crippen molar-refractivity contribution in [3.8, 4) is 0 Å². The Morgan fingerprint density at radius 3 is 2.21 bits per heavy atom. The van der Waals surface area contributed by atoms with Gasteiger partial charge in [0.25, 0.3) is 0 Å². The summed E-state index contributed by atoms with van der Waals surface area (Å²) in [5.74, 6) is -2.61. The maximum Gasteiger partial charge on any atom is 0.336 e. The number of aliphatic carboxylic acids is 3. The number of esters is 1. The maximum absolute atomic E-state index is 12.9. The van der Waals surface area contributed by atoms with Crippen LogP contribution < -0.4 is 0 Å². The lowest BCUT2D eigenvalue weighted by Gasteiger charge is -2.58. The smallest absolute Gasteiger partial charge is 0.336 e. The topological polar surface area (TPSA) is 175 Å². The van der Waals surface area contributed by atoms with Crippen LogP contribution in [-0.2, 0) is 23.9 Å². The molecule has 4 aliphatic carbocycles. The largest absolute Gasteiger partial charge is 0.481 e. The first-order valence-corrected chi connectivity index (χ1v) is 17.2. The molecule has 6 rings (SSSR count). The predicted molar refractivity (Wildman–Crippen MR) is 176 cm³/mol. The summed E-state index contributed by atoms with van der Waals surface area (Å²) in [7, 11) is 2.14. The normalized spacial score (nSPS) is 31.8. The number of pyridine rings is 1. The highest BCUT2D eigenvalue weighted by atomic mass is 16.5. The first-order valence-electron chi connectivity index (χ1n) is 17.2. The molecule has 6 atom stereocenters. The summed E-state index contributed by atoms with van der Waals surface area (Å²) in [6.45, 7) is 7.08. The molecule has 0 bridgehead atoms. The van der Waals surface area contributed by atoms with E-state index >= 15 is 0 Å². The van der Waals surface area contributed by atoms with Crippen LogP contribution in [0.5, 0.6) is 0 Å². The molecule has 48 heavy (non-hydrogen) atoms. The second kappa shape index (κ2) is 14.1. The van der Waals surface area contributed by atoms with Gasteiger partial charge in [-0.25, -0.2) is 4.79 Å². The Balaban J connectivity index is 0.000000296. The van der Waals surface area contributed by atoms with Crippen molar-refractivity contribution >= 4 is 29.5 Å². The fourth-order valence-corrected chi connectivity index (χ4v) is 9.48. The number of carboxylic acids is 3. The Hall–Kier alpha value is -3.57.